The van der Waals surface area contributed by atoms with Crippen molar-refractivity contribution < 1.29 is 0 Å². The SMILES string of the molecule is CCNc1cccc(CN2CCN(c3nccs3)CC2)n1. The first-order chi connectivity index (χ1) is 10.3. The highest BCUT2D eigenvalue weighted by molar-refractivity contribution is 7.13. The lowest BCUT2D eigenvalue weighted by Gasteiger charge is -2.34. The maximum absolute atomic E-state index is 4.65. The Morgan fingerprint density at radius 3 is 2.81 bits per heavy atom. The van der Waals surface area contributed by atoms with Crippen LogP contribution in [0.25, 0.3) is 0 Å². The number of hydrogen-bond donors (Lipinski definition) is 1. The van der Waals surface area contributed by atoms with Crippen molar-refractivity contribution in [1.82, 2.24) is 14.9 Å². The fraction of sp³-hybridized carbons (Fsp3) is 0.467. The lowest BCUT2D eigenvalue weighted by atomic mass is 10.2. The second kappa shape index (κ2) is 6.87. The monoisotopic (exact) mass is 303 g/mol. The zero-order valence-corrected chi connectivity index (χ0v) is 13.1. The zero-order valence-electron chi connectivity index (χ0n) is 12.3. The Bertz CT molecular complexity index is 549. The van der Waals surface area contributed by atoms with Gasteiger partial charge in [-0.3, -0.25) is 4.90 Å². The van der Waals surface area contributed by atoms with Crippen LogP contribution in [0.5, 0.6) is 0 Å². The summed E-state index contributed by atoms with van der Waals surface area (Å²) in [4.78, 5) is 13.9. The maximum atomic E-state index is 4.65. The van der Waals surface area contributed by atoms with E-state index in [1.807, 2.05) is 17.6 Å². The van der Waals surface area contributed by atoms with Gasteiger partial charge in [-0.05, 0) is 19.1 Å². The van der Waals surface area contributed by atoms with Crippen LogP contribution in [-0.4, -0.2) is 47.6 Å². The molecule has 3 rings (SSSR count). The van der Waals surface area contributed by atoms with E-state index < -0.39 is 0 Å². The highest BCUT2D eigenvalue weighted by Gasteiger charge is 2.18. The summed E-state index contributed by atoms with van der Waals surface area (Å²) < 4.78 is 0. The van der Waals surface area contributed by atoms with Crippen molar-refractivity contribution in [3.63, 3.8) is 0 Å². The smallest absolute Gasteiger partial charge is 0.185 e. The maximum Gasteiger partial charge on any atom is 0.185 e. The Balaban J connectivity index is 1.54. The molecule has 0 aliphatic carbocycles. The van der Waals surface area contributed by atoms with Crippen molar-refractivity contribution >= 4 is 22.3 Å². The Hall–Kier alpha value is -1.66. The molecular formula is C15H21N5S. The average molecular weight is 303 g/mol. The van der Waals surface area contributed by atoms with E-state index >= 15 is 0 Å². The van der Waals surface area contributed by atoms with Crippen LogP contribution in [0.3, 0.4) is 0 Å². The lowest BCUT2D eigenvalue weighted by Crippen LogP contribution is -2.46. The van der Waals surface area contributed by atoms with Crippen LogP contribution in [0.2, 0.25) is 0 Å². The molecular weight excluding hydrogens is 282 g/mol. The standard InChI is InChI=1S/C15H21N5S/c1-2-16-14-5-3-4-13(18-14)12-19-7-9-20(10-8-19)15-17-6-11-21-15/h3-6,11H,2,7-10,12H2,1H3,(H,16,18). The molecule has 1 fully saturated rings. The van der Waals surface area contributed by atoms with Gasteiger partial charge >= 0.3 is 0 Å². The molecule has 2 aromatic heterocycles. The van der Waals surface area contributed by atoms with Crippen LogP contribution >= 0.6 is 11.3 Å². The quantitative estimate of drug-likeness (QED) is 0.918. The van der Waals surface area contributed by atoms with Gasteiger partial charge in [0.25, 0.3) is 0 Å². The van der Waals surface area contributed by atoms with Gasteiger partial charge in [0.1, 0.15) is 5.82 Å². The molecule has 1 saturated heterocycles. The Morgan fingerprint density at radius 1 is 1.24 bits per heavy atom. The molecule has 5 nitrogen and oxygen atoms in total. The minimum Gasteiger partial charge on any atom is -0.370 e. The molecule has 1 aliphatic rings. The average Bonchev–Trinajstić information content (AvgIpc) is 3.03. The van der Waals surface area contributed by atoms with Gasteiger partial charge in [0.2, 0.25) is 0 Å². The molecule has 0 spiro atoms. The van der Waals surface area contributed by atoms with Crippen molar-refractivity contribution in [2.75, 3.05) is 42.9 Å². The van der Waals surface area contributed by atoms with E-state index in [1.165, 1.54) is 0 Å². The molecule has 21 heavy (non-hydrogen) atoms. The van der Waals surface area contributed by atoms with Crippen molar-refractivity contribution in [2.24, 2.45) is 0 Å². The molecule has 2 aromatic rings. The third-order valence-electron chi connectivity index (χ3n) is 3.61. The van der Waals surface area contributed by atoms with Crippen LogP contribution in [0.4, 0.5) is 10.9 Å². The van der Waals surface area contributed by atoms with E-state index in [0.29, 0.717) is 0 Å². The number of hydrogen-bond acceptors (Lipinski definition) is 6. The minimum atomic E-state index is 0.906. The molecule has 1 N–H and O–H groups in total. The van der Waals surface area contributed by atoms with Gasteiger partial charge in [0.05, 0.1) is 5.69 Å². The Morgan fingerprint density at radius 2 is 2.10 bits per heavy atom. The van der Waals surface area contributed by atoms with Crippen LogP contribution in [0.1, 0.15) is 12.6 Å². The summed E-state index contributed by atoms with van der Waals surface area (Å²) in [7, 11) is 0. The number of nitrogens with one attached hydrogen (secondary N) is 1. The fourth-order valence-corrected chi connectivity index (χ4v) is 3.24. The van der Waals surface area contributed by atoms with Gasteiger partial charge in [-0.1, -0.05) is 6.07 Å². The molecule has 112 valence electrons. The molecule has 6 heteroatoms. The van der Waals surface area contributed by atoms with E-state index in [0.717, 1.165) is 55.9 Å². The van der Waals surface area contributed by atoms with Crippen molar-refractivity contribution in [3.8, 4) is 0 Å². The molecule has 0 amide bonds. The van der Waals surface area contributed by atoms with Gasteiger partial charge in [0, 0.05) is 50.8 Å². The molecule has 1 aliphatic heterocycles. The van der Waals surface area contributed by atoms with Crippen LogP contribution in [0.15, 0.2) is 29.8 Å². The number of piperazine rings is 1. The van der Waals surface area contributed by atoms with E-state index in [9.17, 15) is 0 Å². The number of rotatable bonds is 5. The first kappa shape index (κ1) is 14.3. The summed E-state index contributed by atoms with van der Waals surface area (Å²) in [6.45, 7) is 8.13. The normalized spacial score (nSPS) is 16.1. The summed E-state index contributed by atoms with van der Waals surface area (Å²) in [5, 5.41) is 6.45. The van der Waals surface area contributed by atoms with E-state index in [2.05, 4.69) is 44.1 Å². The summed E-state index contributed by atoms with van der Waals surface area (Å²) in [5.74, 6) is 0.969. The molecule has 0 radical (unpaired) electrons. The summed E-state index contributed by atoms with van der Waals surface area (Å²) in [5.41, 5.74) is 1.14. The molecule has 3 heterocycles. The topological polar surface area (TPSA) is 44.3 Å². The van der Waals surface area contributed by atoms with Gasteiger partial charge in [0.15, 0.2) is 5.13 Å². The Kier molecular flexibility index (Phi) is 4.67. The van der Waals surface area contributed by atoms with Crippen LogP contribution in [-0.2, 0) is 6.54 Å². The fourth-order valence-electron chi connectivity index (χ4n) is 2.55. The third kappa shape index (κ3) is 3.71. The predicted octanol–water partition coefficient (Wildman–Crippen LogP) is 2.29. The number of pyridine rings is 1. The summed E-state index contributed by atoms with van der Waals surface area (Å²) >= 11 is 1.72. The largest absolute Gasteiger partial charge is 0.370 e. The van der Waals surface area contributed by atoms with Crippen LogP contribution < -0.4 is 10.2 Å². The first-order valence-corrected chi connectivity index (χ1v) is 8.29. The summed E-state index contributed by atoms with van der Waals surface area (Å²) in [6, 6.07) is 6.20. The van der Waals surface area contributed by atoms with Crippen LogP contribution in [0, 0.1) is 0 Å². The van der Waals surface area contributed by atoms with Gasteiger partial charge in [-0.25, -0.2) is 9.97 Å². The molecule has 0 atom stereocenters. The van der Waals surface area contributed by atoms with E-state index in [1.54, 1.807) is 11.3 Å². The summed E-state index contributed by atoms with van der Waals surface area (Å²) in [6.07, 6.45) is 1.88. The lowest BCUT2D eigenvalue weighted by molar-refractivity contribution is 0.247. The second-order valence-corrected chi connectivity index (χ2v) is 6.00. The van der Waals surface area contributed by atoms with E-state index in [-0.39, 0.29) is 0 Å². The molecule has 0 aromatic carbocycles. The Labute approximate surface area is 129 Å². The van der Waals surface area contributed by atoms with Crippen molar-refractivity contribution in [2.45, 2.75) is 13.5 Å². The van der Waals surface area contributed by atoms with Crippen molar-refractivity contribution in [1.29, 1.82) is 0 Å². The highest BCUT2D eigenvalue weighted by atomic mass is 32.1. The third-order valence-corrected chi connectivity index (χ3v) is 4.44. The molecule has 0 bridgehead atoms. The molecule has 0 saturated carbocycles. The first-order valence-electron chi connectivity index (χ1n) is 7.42. The van der Waals surface area contributed by atoms with Gasteiger partial charge in [-0.2, -0.15) is 0 Å². The molecule has 0 unspecified atom stereocenters. The van der Waals surface area contributed by atoms with Gasteiger partial charge in [-0.15, -0.1) is 11.3 Å². The minimum absolute atomic E-state index is 0.906. The number of thiazole rings is 1. The number of aromatic nitrogens is 2. The van der Waals surface area contributed by atoms with Gasteiger partial charge < -0.3 is 10.2 Å². The number of anilines is 2. The second-order valence-electron chi connectivity index (χ2n) is 5.12. The number of nitrogens with zero attached hydrogens (tertiary/aromatic N) is 4. The van der Waals surface area contributed by atoms with E-state index in [4.69, 9.17) is 0 Å². The highest BCUT2D eigenvalue weighted by Crippen LogP contribution is 2.19. The van der Waals surface area contributed by atoms with Crippen molar-refractivity contribution in [3.05, 3.63) is 35.5 Å². The zero-order chi connectivity index (χ0) is 14.5. The predicted molar refractivity (Wildman–Crippen MR) is 88.0 cm³/mol.